The summed E-state index contributed by atoms with van der Waals surface area (Å²) in [6, 6.07) is 1.93. The Hall–Kier alpha value is -1.36. The van der Waals surface area contributed by atoms with Crippen LogP contribution in [0, 0.1) is 5.92 Å². The zero-order chi connectivity index (χ0) is 11.2. The lowest BCUT2D eigenvalue weighted by atomic mass is 10.00. The standard InChI is InChI=1S/C11H19N5/c1-12-10-5-11(16-8-15-10)14-7-9-3-2-4-13-6-9/h5,8-9,13H,2-4,6-7H2,1H3,(H2,12,14,15,16). The van der Waals surface area contributed by atoms with Crippen LogP contribution in [-0.2, 0) is 0 Å². The van der Waals surface area contributed by atoms with Crippen molar-refractivity contribution in [3.8, 4) is 0 Å². The zero-order valence-corrected chi connectivity index (χ0v) is 9.66. The van der Waals surface area contributed by atoms with Crippen molar-refractivity contribution in [2.75, 3.05) is 37.3 Å². The van der Waals surface area contributed by atoms with Crippen molar-refractivity contribution in [1.29, 1.82) is 0 Å². The molecule has 2 rings (SSSR count). The lowest BCUT2D eigenvalue weighted by Gasteiger charge is -2.23. The van der Waals surface area contributed by atoms with Gasteiger partial charge in [0.05, 0.1) is 0 Å². The number of nitrogens with zero attached hydrogens (tertiary/aromatic N) is 2. The molecule has 1 aliphatic rings. The monoisotopic (exact) mass is 221 g/mol. The molecule has 88 valence electrons. The third kappa shape index (κ3) is 3.06. The predicted octanol–water partition coefficient (Wildman–Crippen LogP) is 0.930. The Morgan fingerprint density at radius 1 is 1.44 bits per heavy atom. The molecule has 1 unspecified atom stereocenters. The van der Waals surface area contributed by atoms with E-state index in [0.717, 1.165) is 31.3 Å². The van der Waals surface area contributed by atoms with Gasteiger partial charge in [-0.25, -0.2) is 9.97 Å². The van der Waals surface area contributed by atoms with Crippen LogP contribution < -0.4 is 16.0 Å². The number of aromatic nitrogens is 2. The Morgan fingerprint density at radius 3 is 3.06 bits per heavy atom. The first-order chi connectivity index (χ1) is 7.88. The first kappa shape index (κ1) is 11.1. The molecule has 16 heavy (non-hydrogen) atoms. The average Bonchev–Trinajstić information content (AvgIpc) is 2.38. The number of piperidine rings is 1. The van der Waals surface area contributed by atoms with Gasteiger partial charge >= 0.3 is 0 Å². The van der Waals surface area contributed by atoms with Crippen molar-refractivity contribution < 1.29 is 0 Å². The van der Waals surface area contributed by atoms with Gasteiger partial charge in [0.1, 0.15) is 18.0 Å². The second-order valence-electron chi connectivity index (χ2n) is 4.13. The van der Waals surface area contributed by atoms with Gasteiger partial charge in [0.25, 0.3) is 0 Å². The Labute approximate surface area is 96.1 Å². The summed E-state index contributed by atoms with van der Waals surface area (Å²) in [5, 5.41) is 9.77. The molecule has 0 bridgehead atoms. The van der Waals surface area contributed by atoms with Gasteiger partial charge in [-0.05, 0) is 31.8 Å². The van der Waals surface area contributed by atoms with Gasteiger partial charge < -0.3 is 16.0 Å². The molecule has 0 spiro atoms. The molecule has 1 aromatic rings. The maximum absolute atomic E-state index is 4.19. The number of hydrogen-bond acceptors (Lipinski definition) is 5. The van der Waals surface area contributed by atoms with Crippen LogP contribution in [0.4, 0.5) is 11.6 Å². The zero-order valence-electron chi connectivity index (χ0n) is 9.66. The molecule has 1 aromatic heterocycles. The van der Waals surface area contributed by atoms with E-state index in [4.69, 9.17) is 0 Å². The maximum atomic E-state index is 4.19. The Morgan fingerprint density at radius 2 is 2.31 bits per heavy atom. The van der Waals surface area contributed by atoms with Crippen LogP contribution in [0.1, 0.15) is 12.8 Å². The maximum Gasteiger partial charge on any atom is 0.131 e. The summed E-state index contributed by atoms with van der Waals surface area (Å²) in [5.74, 6) is 2.45. The van der Waals surface area contributed by atoms with Crippen molar-refractivity contribution in [2.45, 2.75) is 12.8 Å². The van der Waals surface area contributed by atoms with Gasteiger partial charge in [0.15, 0.2) is 0 Å². The van der Waals surface area contributed by atoms with E-state index in [0.29, 0.717) is 5.92 Å². The number of rotatable bonds is 4. The van der Waals surface area contributed by atoms with E-state index in [-0.39, 0.29) is 0 Å². The largest absolute Gasteiger partial charge is 0.373 e. The third-order valence-corrected chi connectivity index (χ3v) is 2.89. The Bertz CT molecular complexity index is 322. The summed E-state index contributed by atoms with van der Waals surface area (Å²) in [7, 11) is 1.86. The quantitative estimate of drug-likeness (QED) is 0.706. The molecule has 0 aliphatic carbocycles. The lowest BCUT2D eigenvalue weighted by molar-refractivity contribution is 0.392. The van der Waals surface area contributed by atoms with E-state index in [1.54, 1.807) is 6.33 Å². The van der Waals surface area contributed by atoms with Crippen LogP contribution >= 0.6 is 0 Å². The van der Waals surface area contributed by atoms with Crippen LogP contribution in [0.3, 0.4) is 0 Å². The van der Waals surface area contributed by atoms with Crippen molar-refractivity contribution in [3.63, 3.8) is 0 Å². The molecular weight excluding hydrogens is 202 g/mol. The van der Waals surface area contributed by atoms with Crippen LogP contribution in [0.25, 0.3) is 0 Å². The number of hydrogen-bond donors (Lipinski definition) is 3. The second-order valence-corrected chi connectivity index (χ2v) is 4.13. The predicted molar refractivity (Wildman–Crippen MR) is 65.7 cm³/mol. The van der Waals surface area contributed by atoms with Gasteiger partial charge in [0.2, 0.25) is 0 Å². The minimum absolute atomic E-state index is 0.710. The van der Waals surface area contributed by atoms with E-state index < -0.39 is 0 Å². The van der Waals surface area contributed by atoms with Crippen molar-refractivity contribution >= 4 is 11.6 Å². The minimum atomic E-state index is 0.710. The highest BCUT2D eigenvalue weighted by Crippen LogP contribution is 2.12. The smallest absolute Gasteiger partial charge is 0.131 e. The van der Waals surface area contributed by atoms with Gasteiger partial charge in [0, 0.05) is 19.7 Å². The van der Waals surface area contributed by atoms with Crippen LogP contribution in [0.2, 0.25) is 0 Å². The average molecular weight is 221 g/mol. The molecule has 2 heterocycles. The van der Waals surface area contributed by atoms with Gasteiger partial charge in [-0.3, -0.25) is 0 Å². The summed E-state index contributed by atoms with van der Waals surface area (Å²) in [6.45, 7) is 3.25. The molecule has 1 aliphatic heterocycles. The van der Waals surface area contributed by atoms with E-state index in [9.17, 15) is 0 Å². The summed E-state index contributed by atoms with van der Waals surface area (Å²) in [4.78, 5) is 8.27. The molecule has 3 N–H and O–H groups in total. The van der Waals surface area contributed by atoms with Gasteiger partial charge in [-0.15, -0.1) is 0 Å². The fourth-order valence-electron chi connectivity index (χ4n) is 1.94. The number of nitrogens with one attached hydrogen (secondary N) is 3. The molecule has 0 amide bonds. The highest BCUT2D eigenvalue weighted by atomic mass is 15.1. The fraction of sp³-hybridized carbons (Fsp3) is 0.636. The highest BCUT2D eigenvalue weighted by molar-refractivity contribution is 5.45. The highest BCUT2D eigenvalue weighted by Gasteiger charge is 2.12. The molecule has 1 atom stereocenters. The molecule has 0 aromatic carbocycles. The SMILES string of the molecule is CNc1cc(NCC2CCCNC2)ncn1. The van der Waals surface area contributed by atoms with E-state index in [2.05, 4.69) is 25.9 Å². The van der Waals surface area contributed by atoms with Crippen LogP contribution in [0.5, 0.6) is 0 Å². The Balaban J connectivity index is 1.83. The van der Waals surface area contributed by atoms with Crippen molar-refractivity contribution in [1.82, 2.24) is 15.3 Å². The molecular formula is C11H19N5. The lowest BCUT2D eigenvalue weighted by Crippen LogP contribution is -2.33. The van der Waals surface area contributed by atoms with Gasteiger partial charge in [-0.1, -0.05) is 0 Å². The summed E-state index contributed by atoms with van der Waals surface area (Å²) in [6.07, 6.45) is 4.15. The normalized spacial score (nSPS) is 20.4. The first-order valence-corrected chi connectivity index (χ1v) is 5.83. The molecule has 5 nitrogen and oxygen atoms in total. The minimum Gasteiger partial charge on any atom is -0.373 e. The van der Waals surface area contributed by atoms with Crippen LogP contribution in [-0.4, -0.2) is 36.6 Å². The Kier molecular flexibility index (Phi) is 3.93. The molecule has 1 saturated heterocycles. The fourth-order valence-corrected chi connectivity index (χ4v) is 1.94. The van der Waals surface area contributed by atoms with Crippen molar-refractivity contribution in [3.05, 3.63) is 12.4 Å². The van der Waals surface area contributed by atoms with Gasteiger partial charge in [-0.2, -0.15) is 0 Å². The second kappa shape index (κ2) is 5.65. The topological polar surface area (TPSA) is 61.9 Å². The summed E-state index contributed by atoms with van der Waals surface area (Å²) in [5.41, 5.74) is 0. The molecule has 0 radical (unpaired) electrons. The molecule has 1 fully saturated rings. The third-order valence-electron chi connectivity index (χ3n) is 2.89. The van der Waals surface area contributed by atoms with Crippen molar-refractivity contribution in [2.24, 2.45) is 5.92 Å². The van der Waals surface area contributed by atoms with E-state index in [1.807, 2.05) is 13.1 Å². The van der Waals surface area contributed by atoms with E-state index >= 15 is 0 Å². The number of anilines is 2. The molecule has 5 heteroatoms. The van der Waals surface area contributed by atoms with E-state index in [1.165, 1.54) is 12.8 Å². The van der Waals surface area contributed by atoms with Crippen LogP contribution in [0.15, 0.2) is 12.4 Å². The summed E-state index contributed by atoms with van der Waals surface area (Å²) >= 11 is 0. The molecule has 0 saturated carbocycles. The first-order valence-electron chi connectivity index (χ1n) is 5.83. The summed E-state index contributed by atoms with van der Waals surface area (Å²) < 4.78 is 0.